The van der Waals surface area contributed by atoms with E-state index in [0.717, 1.165) is 22.0 Å². The molecule has 1 aromatic heterocycles. The minimum atomic E-state index is -0.434. The number of amides is 1. The number of aromatic nitrogens is 2. The van der Waals surface area contributed by atoms with Crippen LogP contribution in [-0.4, -0.2) is 26.9 Å². The first-order valence-corrected chi connectivity index (χ1v) is 11.9. The summed E-state index contributed by atoms with van der Waals surface area (Å²) in [6, 6.07) is 28.5. The minimum absolute atomic E-state index is 0.0936. The quantitative estimate of drug-likeness (QED) is 0.319. The topological polar surface area (TPSA) is 55.2 Å². The SMILES string of the molecule is CCN(C(=O)c1ccc2ccccc2c1)C(C)c1nc2ccccc2c(=O)n1-c1cccc(C)c1. The summed E-state index contributed by atoms with van der Waals surface area (Å²) in [6.45, 7) is 6.36. The van der Waals surface area contributed by atoms with E-state index in [1.807, 2.05) is 106 Å². The van der Waals surface area contributed by atoms with E-state index in [1.165, 1.54) is 0 Å². The number of hydrogen-bond acceptors (Lipinski definition) is 3. The Morgan fingerprint density at radius 3 is 2.43 bits per heavy atom. The van der Waals surface area contributed by atoms with Gasteiger partial charge in [-0.05, 0) is 73.5 Å². The summed E-state index contributed by atoms with van der Waals surface area (Å²) in [4.78, 5) is 34.1. The van der Waals surface area contributed by atoms with Gasteiger partial charge in [-0.3, -0.25) is 14.2 Å². The minimum Gasteiger partial charge on any atom is -0.329 e. The molecule has 5 aromatic rings. The number of carbonyl (C=O) groups is 1. The highest BCUT2D eigenvalue weighted by molar-refractivity contribution is 5.98. The van der Waals surface area contributed by atoms with Crippen molar-refractivity contribution in [2.75, 3.05) is 6.54 Å². The summed E-state index contributed by atoms with van der Waals surface area (Å²) in [7, 11) is 0. The fraction of sp³-hybridized carbons (Fsp3) is 0.167. The van der Waals surface area contributed by atoms with E-state index in [9.17, 15) is 9.59 Å². The van der Waals surface area contributed by atoms with E-state index in [4.69, 9.17) is 4.98 Å². The lowest BCUT2D eigenvalue weighted by molar-refractivity contribution is 0.0693. The maximum atomic E-state index is 13.7. The standard InChI is InChI=1S/C30H27N3O2/c1-4-32(29(34)24-17-16-22-11-5-6-12-23(22)19-24)21(3)28-31-27-15-8-7-14-26(27)30(35)33(28)25-13-9-10-20(2)18-25/h5-19,21H,4H2,1-3H3. The first-order chi connectivity index (χ1) is 17.0. The normalized spacial score (nSPS) is 12.1. The Hall–Kier alpha value is -4.25. The van der Waals surface area contributed by atoms with E-state index < -0.39 is 6.04 Å². The number of carbonyl (C=O) groups excluding carboxylic acids is 1. The van der Waals surface area contributed by atoms with Crippen LogP contribution in [-0.2, 0) is 0 Å². The molecule has 0 radical (unpaired) electrons. The van der Waals surface area contributed by atoms with E-state index in [1.54, 1.807) is 15.5 Å². The molecular weight excluding hydrogens is 434 g/mol. The highest BCUT2D eigenvalue weighted by Crippen LogP contribution is 2.25. The van der Waals surface area contributed by atoms with E-state index in [-0.39, 0.29) is 11.5 Å². The number of nitrogens with zero attached hydrogens (tertiary/aromatic N) is 3. The maximum Gasteiger partial charge on any atom is 0.266 e. The molecule has 0 aliphatic carbocycles. The Labute approximate surface area is 204 Å². The molecule has 1 atom stereocenters. The molecule has 0 fully saturated rings. The maximum absolute atomic E-state index is 13.7. The Bertz CT molecular complexity index is 1620. The van der Waals surface area contributed by atoms with Gasteiger partial charge in [-0.1, -0.05) is 54.6 Å². The van der Waals surface area contributed by atoms with Crippen LogP contribution in [0.4, 0.5) is 0 Å². The lowest BCUT2D eigenvalue weighted by Gasteiger charge is -2.30. The summed E-state index contributed by atoms with van der Waals surface area (Å²) < 4.78 is 1.65. The van der Waals surface area contributed by atoms with Gasteiger partial charge < -0.3 is 4.90 Å². The smallest absolute Gasteiger partial charge is 0.266 e. The molecule has 5 heteroatoms. The van der Waals surface area contributed by atoms with Gasteiger partial charge >= 0.3 is 0 Å². The first-order valence-electron chi connectivity index (χ1n) is 11.9. The summed E-state index contributed by atoms with van der Waals surface area (Å²) in [5.74, 6) is 0.444. The summed E-state index contributed by atoms with van der Waals surface area (Å²) in [6.07, 6.45) is 0. The van der Waals surface area contributed by atoms with Crippen molar-refractivity contribution in [1.29, 1.82) is 0 Å². The lowest BCUT2D eigenvalue weighted by atomic mass is 10.1. The summed E-state index contributed by atoms with van der Waals surface area (Å²) in [5.41, 5.74) is 2.88. The van der Waals surface area contributed by atoms with Gasteiger partial charge in [0.25, 0.3) is 11.5 Å². The summed E-state index contributed by atoms with van der Waals surface area (Å²) >= 11 is 0. The Morgan fingerprint density at radius 1 is 0.914 bits per heavy atom. The van der Waals surface area contributed by atoms with Crippen molar-refractivity contribution in [2.45, 2.75) is 26.8 Å². The van der Waals surface area contributed by atoms with Crippen LogP contribution in [0.1, 0.15) is 41.6 Å². The van der Waals surface area contributed by atoms with Crippen molar-refractivity contribution in [1.82, 2.24) is 14.5 Å². The highest BCUT2D eigenvalue weighted by atomic mass is 16.2. The molecule has 0 bridgehead atoms. The molecule has 35 heavy (non-hydrogen) atoms. The molecule has 0 saturated heterocycles. The van der Waals surface area contributed by atoms with Crippen LogP contribution in [0.5, 0.6) is 0 Å². The van der Waals surface area contributed by atoms with Crippen molar-refractivity contribution in [3.8, 4) is 5.69 Å². The van der Waals surface area contributed by atoms with Crippen LogP contribution >= 0.6 is 0 Å². The van der Waals surface area contributed by atoms with Crippen LogP contribution in [0, 0.1) is 6.92 Å². The monoisotopic (exact) mass is 461 g/mol. The number of benzene rings is 4. The molecule has 1 unspecified atom stereocenters. The second-order valence-electron chi connectivity index (χ2n) is 8.80. The second-order valence-corrected chi connectivity index (χ2v) is 8.80. The van der Waals surface area contributed by atoms with Gasteiger partial charge in [-0.2, -0.15) is 0 Å². The first kappa shape index (κ1) is 22.5. The molecule has 0 spiro atoms. The van der Waals surface area contributed by atoms with Gasteiger partial charge in [-0.15, -0.1) is 0 Å². The van der Waals surface area contributed by atoms with Gasteiger partial charge in [0.1, 0.15) is 5.82 Å². The molecule has 5 rings (SSSR count). The van der Waals surface area contributed by atoms with Crippen LogP contribution in [0.3, 0.4) is 0 Å². The number of hydrogen-bond donors (Lipinski definition) is 0. The van der Waals surface area contributed by atoms with Crippen LogP contribution in [0.15, 0.2) is 95.8 Å². The van der Waals surface area contributed by atoms with E-state index in [0.29, 0.717) is 28.8 Å². The van der Waals surface area contributed by atoms with E-state index in [2.05, 4.69) is 0 Å². The molecule has 5 nitrogen and oxygen atoms in total. The zero-order valence-corrected chi connectivity index (χ0v) is 20.1. The van der Waals surface area contributed by atoms with Crippen molar-refractivity contribution >= 4 is 27.6 Å². The molecule has 4 aromatic carbocycles. The average molecular weight is 462 g/mol. The third-order valence-corrected chi connectivity index (χ3v) is 6.50. The van der Waals surface area contributed by atoms with Gasteiger partial charge in [0.05, 0.1) is 22.6 Å². The molecule has 1 amide bonds. The number of para-hydroxylation sites is 1. The summed E-state index contributed by atoms with van der Waals surface area (Å²) in [5, 5.41) is 2.65. The fourth-order valence-corrected chi connectivity index (χ4v) is 4.67. The zero-order chi connectivity index (χ0) is 24.5. The molecule has 0 aliphatic rings. The van der Waals surface area contributed by atoms with Gasteiger partial charge in [0.15, 0.2) is 0 Å². The van der Waals surface area contributed by atoms with Crippen molar-refractivity contribution in [3.05, 3.63) is 118 Å². The second kappa shape index (κ2) is 9.18. The van der Waals surface area contributed by atoms with Crippen LogP contribution in [0.2, 0.25) is 0 Å². The van der Waals surface area contributed by atoms with Gasteiger partial charge in [-0.25, -0.2) is 4.98 Å². The Kier molecular flexibility index (Phi) is 5.91. The Balaban J connectivity index is 1.65. The number of fused-ring (bicyclic) bond motifs is 2. The molecule has 0 N–H and O–H groups in total. The number of aryl methyl sites for hydroxylation is 1. The molecule has 174 valence electrons. The highest BCUT2D eigenvalue weighted by Gasteiger charge is 2.26. The lowest BCUT2D eigenvalue weighted by Crippen LogP contribution is -2.37. The predicted molar refractivity (Wildman–Crippen MR) is 141 cm³/mol. The van der Waals surface area contributed by atoms with Crippen molar-refractivity contribution in [2.24, 2.45) is 0 Å². The van der Waals surface area contributed by atoms with Crippen LogP contribution < -0.4 is 5.56 Å². The van der Waals surface area contributed by atoms with Gasteiger partial charge in [0.2, 0.25) is 0 Å². The average Bonchev–Trinajstić information content (AvgIpc) is 2.88. The van der Waals surface area contributed by atoms with Crippen molar-refractivity contribution in [3.63, 3.8) is 0 Å². The van der Waals surface area contributed by atoms with E-state index >= 15 is 0 Å². The number of rotatable bonds is 5. The predicted octanol–water partition coefficient (Wildman–Crippen LogP) is 6.07. The van der Waals surface area contributed by atoms with Crippen LogP contribution in [0.25, 0.3) is 27.4 Å². The largest absolute Gasteiger partial charge is 0.329 e. The third-order valence-electron chi connectivity index (χ3n) is 6.50. The molecule has 1 heterocycles. The molecule has 0 saturated carbocycles. The fourth-order valence-electron chi connectivity index (χ4n) is 4.67. The van der Waals surface area contributed by atoms with Gasteiger partial charge in [0, 0.05) is 12.1 Å². The van der Waals surface area contributed by atoms with Crippen molar-refractivity contribution < 1.29 is 4.79 Å². The zero-order valence-electron chi connectivity index (χ0n) is 20.1. The molecule has 0 aliphatic heterocycles. The molecular formula is C30H27N3O2. The third kappa shape index (κ3) is 4.10. The Morgan fingerprint density at radius 2 is 1.66 bits per heavy atom.